The van der Waals surface area contributed by atoms with Crippen molar-refractivity contribution < 1.29 is 9.59 Å². The van der Waals surface area contributed by atoms with Crippen LogP contribution in [0.15, 0.2) is 0 Å². The second kappa shape index (κ2) is 7.52. The standard InChI is InChI=1S/C14H28N2O2/c1-8(2)12(13(17)9(3)4)16-14(18)11(7)15-10(5)6/h8-12,15H,1-7H3,(H,16,18)/t11-,12-/m0/s1. The number of hydrogen-bond donors (Lipinski definition) is 2. The third kappa shape index (κ3) is 5.63. The molecule has 0 heterocycles. The maximum Gasteiger partial charge on any atom is 0.237 e. The maximum atomic E-state index is 12.0. The molecule has 2 N–H and O–H groups in total. The summed E-state index contributed by atoms with van der Waals surface area (Å²) in [6.45, 7) is 13.4. The fourth-order valence-corrected chi connectivity index (χ4v) is 1.78. The highest BCUT2D eigenvalue weighted by atomic mass is 16.2. The molecule has 0 aromatic carbocycles. The van der Waals surface area contributed by atoms with Gasteiger partial charge in [0.05, 0.1) is 12.1 Å². The lowest BCUT2D eigenvalue weighted by molar-refractivity contribution is -0.131. The van der Waals surface area contributed by atoms with Crippen LogP contribution in [0.25, 0.3) is 0 Å². The van der Waals surface area contributed by atoms with Gasteiger partial charge in [-0.3, -0.25) is 9.59 Å². The summed E-state index contributed by atoms with van der Waals surface area (Å²) in [6.07, 6.45) is 0. The summed E-state index contributed by atoms with van der Waals surface area (Å²) >= 11 is 0. The fourth-order valence-electron chi connectivity index (χ4n) is 1.78. The third-order valence-electron chi connectivity index (χ3n) is 2.82. The fraction of sp³-hybridized carbons (Fsp3) is 0.857. The van der Waals surface area contributed by atoms with Crippen molar-refractivity contribution in [1.29, 1.82) is 0 Å². The Morgan fingerprint density at radius 3 is 1.72 bits per heavy atom. The van der Waals surface area contributed by atoms with Crippen LogP contribution in [0.4, 0.5) is 0 Å². The van der Waals surface area contributed by atoms with Gasteiger partial charge in [0.1, 0.15) is 0 Å². The van der Waals surface area contributed by atoms with Crippen molar-refractivity contribution in [3.63, 3.8) is 0 Å². The van der Waals surface area contributed by atoms with Crippen molar-refractivity contribution in [2.45, 2.75) is 66.6 Å². The molecule has 0 fully saturated rings. The minimum absolute atomic E-state index is 0.0638. The second-order valence-corrected chi connectivity index (χ2v) is 5.83. The van der Waals surface area contributed by atoms with E-state index in [1.165, 1.54) is 0 Å². The number of nitrogens with one attached hydrogen (secondary N) is 2. The molecule has 0 aliphatic rings. The Morgan fingerprint density at radius 2 is 1.39 bits per heavy atom. The number of Topliss-reactive ketones (excluding diaryl/α,β-unsaturated/α-hetero) is 1. The van der Waals surface area contributed by atoms with E-state index in [9.17, 15) is 9.59 Å². The van der Waals surface area contributed by atoms with Crippen molar-refractivity contribution in [1.82, 2.24) is 10.6 Å². The molecule has 0 radical (unpaired) electrons. The molecule has 0 bridgehead atoms. The molecule has 0 spiro atoms. The summed E-state index contributed by atoms with van der Waals surface area (Å²) in [6, 6.07) is -0.441. The lowest BCUT2D eigenvalue weighted by atomic mass is 9.93. The summed E-state index contributed by atoms with van der Waals surface area (Å²) in [4.78, 5) is 24.0. The topological polar surface area (TPSA) is 58.2 Å². The molecule has 1 amide bonds. The number of hydrogen-bond acceptors (Lipinski definition) is 3. The van der Waals surface area contributed by atoms with Crippen LogP contribution in [0.3, 0.4) is 0 Å². The van der Waals surface area contributed by atoms with E-state index in [4.69, 9.17) is 0 Å². The molecule has 0 aromatic rings. The first kappa shape index (κ1) is 17.1. The average molecular weight is 256 g/mol. The Bertz CT molecular complexity index is 286. The van der Waals surface area contributed by atoms with Crippen LogP contribution in [0.2, 0.25) is 0 Å². The Hall–Kier alpha value is -0.900. The molecule has 0 aliphatic carbocycles. The third-order valence-corrected chi connectivity index (χ3v) is 2.82. The second-order valence-electron chi connectivity index (χ2n) is 5.83. The normalized spacial score (nSPS) is 15.0. The molecular weight excluding hydrogens is 228 g/mol. The van der Waals surface area contributed by atoms with Crippen LogP contribution >= 0.6 is 0 Å². The number of amides is 1. The van der Waals surface area contributed by atoms with E-state index in [-0.39, 0.29) is 35.6 Å². The van der Waals surface area contributed by atoms with Crippen LogP contribution in [0, 0.1) is 11.8 Å². The Labute approximate surface area is 111 Å². The minimum atomic E-state index is -0.395. The molecule has 4 heteroatoms. The Morgan fingerprint density at radius 1 is 0.889 bits per heavy atom. The molecule has 106 valence electrons. The van der Waals surface area contributed by atoms with Crippen molar-refractivity contribution in [3.8, 4) is 0 Å². The van der Waals surface area contributed by atoms with Crippen LogP contribution in [-0.4, -0.2) is 29.8 Å². The van der Waals surface area contributed by atoms with Gasteiger partial charge in [0, 0.05) is 12.0 Å². The van der Waals surface area contributed by atoms with Gasteiger partial charge in [-0.15, -0.1) is 0 Å². The van der Waals surface area contributed by atoms with Gasteiger partial charge < -0.3 is 10.6 Å². The Kier molecular flexibility index (Phi) is 7.14. The van der Waals surface area contributed by atoms with Gasteiger partial charge in [0.15, 0.2) is 5.78 Å². The SMILES string of the molecule is CC(C)N[C@@H](C)C(=O)N[C@H](C(=O)C(C)C)C(C)C. The van der Waals surface area contributed by atoms with E-state index in [1.807, 2.05) is 48.5 Å². The summed E-state index contributed by atoms with van der Waals surface area (Å²) in [5, 5.41) is 5.98. The molecule has 4 nitrogen and oxygen atoms in total. The Balaban J connectivity index is 4.60. The van der Waals surface area contributed by atoms with Crippen molar-refractivity contribution >= 4 is 11.7 Å². The van der Waals surface area contributed by atoms with Gasteiger partial charge in [0.2, 0.25) is 5.91 Å². The smallest absolute Gasteiger partial charge is 0.237 e. The minimum Gasteiger partial charge on any atom is -0.345 e. The molecular formula is C14H28N2O2. The van der Waals surface area contributed by atoms with Gasteiger partial charge in [-0.1, -0.05) is 41.5 Å². The summed E-state index contributed by atoms with van der Waals surface area (Å²) in [7, 11) is 0. The van der Waals surface area contributed by atoms with E-state index in [0.717, 1.165) is 0 Å². The van der Waals surface area contributed by atoms with Crippen molar-refractivity contribution in [2.24, 2.45) is 11.8 Å². The van der Waals surface area contributed by atoms with Crippen LogP contribution in [0.5, 0.6) is 0 Å². The summed E-state index contributed by atoms with van der Waals surface area (Å²) < 4.78 is 0. The van der Waals surface area contributed by atoms with Crippen LogP contribution in [-0.2, 0) is 9.59 Å². The quantitative estimate of drug-likeness (QED) is 0.729. The number of carbonyl (C=O) groups excluding carboxylic acids is 2. The molecule has 0 saturated heterocycles. The molecule has 2 atom stereocenters. The molecule has 0 saturated carbocycles. The monoisotopic (exact) mass is 256 g/mol. The van der Waals surface area contributed by atoms with E-state index in [0.29, 0.717) is 0 Å². The van der Waals surface area contributed by atoms with Gasteiger partial charge >= 0.3 is 0 Å². The number of carbonyl (C=O) groups is 2. The largest absolute Gasteiger partial charge is 0.345 e. The van der Waals surface area contributed by atoms with Crippen LogP contribution < -0.4 is 10.6 Å². The van der Waals surface area contributed by atoms with Crippen molar-refractivity contribution in [3.05, 3.63) is 0 Å². The predicted molar refractivity (Wildman–Crippen MR) is 74.3 cm³/mol. The highest BCUT2D eigenvalue weighted by Crippen LogP contribution is 2.09. The predicted octanol–water partition coefficient (Wildman–Crippen LogP) is 1.74. The van der Waals surface area contributed by atoms with Gasteiger partial charge in [-0.25, -0.2) is 0 Å². The average Bonchev–Trinajstić information content (AvgIpc) is 2.22. The highest BCUT2D eigenvalue weighted by molar-refractivity contribution is 5.91. The molecule has 0 aliphatic heterocycles. The highest BCUT2D eigenvalue weighted by Gasteiger charge is 2.27. The molecule has 18 heavy (non-hydrogen) atoms. The van der Waals surface area contributed by atoms with Gasteiger partial charge in [-0.05, 0) is 12.8 Å². The maximum absolute atomic E-state index is 12.0. The van der Waals surface area contributed by atoms with E-state index in [2.05, 4.69) is 10.6 Å². The van der Waals surface area contributed by atoms with E-state index >= 15 is 0 Å². The first-order valence-electron chi connectivity index (χ1n) is 6.77. The van der Waals surface area contributed by atoms with Crippen molar-refractivity contribution in [2.75, 3.05) is 0 Å². The van der Waals surface area contributed by atoms with E-state index in [1.54, 1.807) is 0 Å². The van der Waals surface area contributed by atoms with Gasteiger partial charge in [-0.2, -0.15) is 0 Å². The zero-order valence-electron chi connectivity index (χ0n) is 12.7. The lowest BCUT2D eigenvalue weighted by Gasteiger charge is -2.25. The first-order valence-corrected chi connectivity index (χ1v) is 6.77. The van der Waals surface area contributed by atoms with E-state index < -0.39 is 6.04 Å². The molecule has 0 rings (SSSR count). The first-order chi connectivity index (χ1) is 8.16. The summed E-state index contributed by atoms with van der Waals surface area (Å²) in [5.74, 6) is 0.0210. The molecule has 0 unspecified atom stereocenters. The van der Waals surface area contributed by atoms with Crippen LogP contribution in [0.1, 0.15) is 48.5 Å². The zero-order valence-corrected chi connectivity index (χ0v) is 12.7. The zero-order chi connectivity index (χ0) is 14.5. The van der Waals surface area contributed by atoms with Gasteiger partial charge in [0.25, 0.3) is 0 Å². The number of ketones is 1. The number of rotatable bonds is 7. The molecule has 0 aromatic heterocycles. The summed E-state index contributed by atoms with van der Waals surface area (Å²) in [5.41, 5.74) is 0. The lowest BCUT2D eigenvalue weighted by Crippen LogP contribution is -2.52.